The molecule has 5 heteroatoms. The zero-order valence-corrected chi connectivity index (χ0v) is 12.4. The highest BCUT2D eigenvalue weighted by atomic mass is 35.5. The van der Waals surface area contributed by atoms with Crippen molar-refractivity contribution in [3.05, 3.63) is 51.8 Å². The number of hydrogen-bond donors (Lipinski definition) is 2. The van der Waals surface area contributed by atoms with Crippen LogP contribution in [-0.4, -0.2) is 10.9 Å². The zero-order chi connectivity index (χ0) is 14.9. The Morgan fingerprint density at radius 1 is 1.15 bits per heavy atom. The first kappa shape index (κ1) is 14.3. The normalized spacial score (nSPS) is 10.4. The summed E-state index contributed by atoms with van der Waals surface area (Å²) in [7, 11) is 0. The van der Waals surface area contributed by atoms with Crippen molar-refractivity contribution in [1.82, 2.24) is 4.98 Å². The number of aryl methyl sites for hydroxylation is 3. The molecule has 0 bridgehead atoms. The van der Waals surface area contributed by atoms with E-state index in [2.05, 4.69) is 10.3 Å². The highest BCUT2D eigenvalue weighted by Crippen LogP contribution is 2.20. The lowest BCUT2D eigenvalue weighted by molar-refractivity contribution is 0.102. The molecule has 2 rings (SSSR count). The van der Waals surface area contributed by atoms with Crippen LogP contribution in [0.5, 0.6) is 0 Å². The molecule has 0 radical (unpaired) electrons. The van der Waals surface area contributed by atoms with Crippen LogP contribution >= 0.6 is 11.6 Å². The molecular weight excluding hydrogens is 274 g/mol. The van der Waals surface area contributed by atoms with E-state index in [1.165, 1.54) is 6.20 Å². The van der Waals surface area contributed by atoms with Crippen LogP contribution in [0.4, 0.5) is 11.4 Å². The summed E-state index contributed by atoms with van der Waals surface area (Å²) in [5, 5.41) is 3.23. The van der Waals surface area contributed by atoms with Crippen LogP contribution in [0.3, 0.4) is 0 Å². The van der Waals surface area contributed by atoms with Gasteiger partial charge in [0.25, 0.3) is 5.91 Å². The Morgan fingerprint density at radius 2 is 1.85 bits per heavy atom. The first-order valence-corrected chi connectivity index (χ1v) is 6.56. The van der Waals surface area contributed by atoms with Crippen LogP contribution in [0, 0.1) is 20.8 Å². The largest absolute Gasteiger partial charge is 0.398 e. The molecule has 0 unspecified atom stereocenters. The quantitative estimate of drug-likeness (QED) is 0.657. The molecule has 1 heterocycles. The van der Waals surface area contributed by atoms with Crippen molar-refractivity contribution >= 4 is 28.9 Å². The third-order valence-electron chi connectivity index (χ3n) is 3.13. The summed E-state index contributed by atoms with van der Waals surface area (Å²) in [4.78, 5) is 16.3. The lowest BCUT2D eigenvalue weighted by Crippen LogP contribution is -2.14. The lowest BCUT2D eigenvalue weighted by Gasteiger charge is -2.10. The lowest BCUT2D eigenvalue weighted by atomic mass is 10.0. The number of nitrogens with zero attached hydrogens (tertiary/aromatic N) is 1. The Balaban J connectivity index is 2.28. The number of nitrogens with one attached hydrogen (secondary N) is 1. The van der Waals surface area contributed by atoms with Crippen LogP contribution < -0.4 is 11.1 Å². The summed E-state index contributed by atoms with van der Waals surface area (Å²) < 4.78 is 0. The number of carbonyl (C=O) groups excluding carboxylic acids is 1. The molecule has 0 fully saturated rings. The molecule has 3 N–H and O–H groups in total. The summed E-state index contributed by atoms with van der Waals surface area (Å²) >= 11 is 5.86. The summed E-state index contributed by atoms with van der Waals surface area (Å²) in [5.74, 6) is -0.210. The maximum atomic E-state index is 12.3. The molecule has 0 spiro atoms. The number of halogens is 1. The number of anilines is 2. The summed E-state index contributed by atoms with van der Waals surface area (Å²) in [6, 6.07) is 5.37. The maximum Gasteiger partial charge on any atom is 0.256 e. The van der Waals surface area contributed by atoms with Crippen molar-refractivity contribution in [2.24, 2.45) is 0 Å². The number of amides is 1. The second-order valence-electron chi connectivity index (χ2n) is 4.81. The molecule has 2 aromatic rings. The van der Waals surface area contributed by atoms with E-state index in [1.54, 1.807) is 12.1 Å². The Bertz CT molecular complexity index is 683. The molecule has 1 amide bonds. The number of aromatic nitrogens is 1. The molecule has 1 aromatic carbocycles. The fourth-order valence-electron chi connectivity index (χ4n) is 1.94. The average molecular weight is 290 g/mol. The van der Waals surface area contributed by atoms with E-state index >= 15 is 0 Å². The van der Waals surface area contributed by atoms with Crippen molar-refractivity contribution in [3.63, 3.8) is 0 Å². The van der Waals surface area contributed by atoms with E-state index in [4.69, 9.17) is 17.3 Å². The van der Waals surface area contributed by atoms with Gasteiger partial charge in [-0.15, -0.1) is 0 Å². The van der Waals surface area contributed by atoms with Crippen LogP contribution in [0.2, 0.25) is 5.15 Å². The molecule has 0 atom stereocenters. The molecule has 4 nitrogen and oxygen atoms in total. The third-order valence-corrected chi connectivity index (χ3v) is 3.53. The van der Waals surface area contributed by atoms with Crippen molar-refractivity contribution in [1.29, 1.82) is 0 Å². The van der Waals surface area contributed by atoms with Gasteiger partial charge in [0, 0.05) is 11.3 Å². The Kier molecular flexibility index (Phi) is 3.95. The Hall–Kier alpha value is -2.07. The van der Waals surface area contributed by atoms with Gasteiger partial charge in [-0.2, -0.15) is 0 Å². The topological polar surface area (TPSA) is 68.0 Å². The number of hydrogen-bond acceptors (Lipinski definition) is 3. The molecule has 0 saturated carbocycles. The number of pyridine rings is 1. The van der Waals surface area contributed by atoms with Gasteiger partial charge in [0.2, 0.25) is 0 Å². The molecule has 0 aliphatic heterocycles. The number of nitrogen functional groups attached to an aromatic ring is 1. The molecular formula is C15H16ClN3O. The molecule has 20 heavy (non-hydrogen) atoms. The molecule has 0 saturated heterocycles. The number of rotatable bonds is 2. The fourth-order valence-corrected chi connectivity index (χ4v) is 2.04. The van der Waals surface area contributed by atoms with Crippen molar-refractivity contribution in [2.75, 3.05) is 11.1 Å². The van der Waals surface area contributed by atoms with Crippen molar-refractivity contribution in [3.8, 4) is 0 Å². The minimum atomic E-state index is -0.210. The van der Waals surface area contributed by atoms with Gasteiger partial charge in [0.1, 0.15) is 5.15 Å². The van der Waals surface area contributed by atoms with Crippen LogP contribution in [0.25, 0.3) is 0 Å². The minimum Gasteiger partial charge on any atom is -0.398 e. The van der Waals surface area contributed by atoms with Crippen molar-refractivity contribution in [2.45, 2.75) is 20.8 Å². The van der Waals surface area contributed by atoms with Gasteiger partial charge < -0.3 is 11.1 Å². The standard InChI is InChI=1S/C15H16ClN3O/c1-8-4-9(2)13(17)6-12(8)15(20)19-11-5-10(3)14(16)18-7-11/h4-7H,17H2,1-3H3,(H,19,20). The van der Waals surface area contributed by atoms with E-state index in [0.717, 1.165) is 16.7 Å². The summed E-state index contributed by atoms with van der Waals surface area (Å²) in [5.41, 5.74) is 10.3. The molecule has 0 aliphatic rings. The summed E-state index contributed by atoms with van der Waals surface area (Å²) in [6.07, 6.45) is 1.53. The first-order valence-electron chi connectivity index (χ1n) is 6.18. The van der Waals surface area contributed by atoms with Gasteiger partial charge in [-0.3, -0.25) is 4.79 Å². The Labute approximate surface area is 123 Å². The van der Waals surface area contributed by atoms with Gasteiger partial charge in [0.15, 0.2) is 0 Å². The van der Waals surface area contributed by atoms with E-state index in [1.807, 2.05) is 26.8 Å². The van der Waals surface area contributed by atoms with E-state index in [-0.39, 0.29) is 5.91 Å². The highest BCUT2D eigenvalue weighted by Gasteiger charge is 2.12. The molecule has 104 valence electrons. The van der Waals surface area contributed by atoms with Crippen molar-refractivity contribution < 1.29 is 4.79 Å². The first-order chi connectivity index (χ1) is 9.38. The monoisotopic (exact) mass is 289 g/mol. The smallest absolute Gasteiger partial charge is 0.256 e. The van der Waals surface area contributed by atoms with Gasteiger partial charge in [-0.25, -0.2) is 4.98 Å². The van der Waals surface area contributed by atoms with Gasteiger partial charge in [-0.05, 0) is 49.6 Å². The minimum absolute atomic E-state index is 0.210. The van der Waals surface area contributed by atoms with Gasteiger partial charge in [-0.1, -0.05) is 17.7 Å². The maximum absolute atomic E-state index is 12.3. The summed E-state index contributed by atoms with van der Waals surface area (Å²) in [6.45, 7) is 5.63. The van der Waals surface area contributed by atoms with E-state index in [9.17, 15) is 4.79 Å². The SMILES string of the molecule is Cc1cc(C)c(C(=O)Nc2cnc(Cl)c(C)c2)cc1N. The van der Waals surface area contributed by atoms with E-state index in [0.29, 0.717) is 22.1 Å². The van der Waals surface area contributed by atoms with E-state index < -0.39 is 0 Å². The third kappa shape index (κ3) is 2.91. The predicted octanol–water partition coefficient (Wildman–Crippen LogP) is 3.49. The molecule has 1 aromatic heterocycles. The predicted molar refractivity (Wildman–Crippen MR) is 82.3 cm³/mol. The van der Waals surface area contributed by atoms with Gasteiger partial charge >= 0.3 is 0 Å². The number of benzene rings is 1. The van der Waals surface area contributed by atoms with Crippen LogP contribution in [0.1, 0.15) is 27.0 Å². The second-order valence-corrected chi connectivity index (χ2v) is 5.17. The Morgan fingerprint density at radius 3 is 2.50 bits per heavy atom. The van der Waals surface area contributed by atoms with Crippen LogP contribution in [-0.2, 0) is 0 Å². The van der Waals surface area contributed by atoms with Gasteiger partial charge in [0.05, 0.1) is 11.9 Å². The fraction of sp³-hybridized carbons (Fsp3) is 0.200. The average Bonchev–Trinajstić information content (AvgIpc) is 2.38. The molecule has 0 aliphatic carbocycles. The van der Waals surface area contributed by atoms with Crippen LogP contribution in [0.15, 0.2) is 24.4 Å². The number of nitrogens with two attached hydrogens (primary N) is 1. The highest BCUT2D eigenvalue weighted by molar-refractivity contribution is 6.30. The zero-order valence-electron chi connectivity index (χ0n) is 11.6. The number of carbonyl (C=O) groups is 1. The second kappa shape index (κ2) is 5.51.